The zero-order valence-electron chi connectivity index (χ0n) is 10.0. The van der Waals surface area contributed by atoms with Gasteiger partial charge in [0, 0.05) is 12.4 Å². The minimum atomic E-state index is -2.28. The molecule has 0 radical (unpaired) electrons. The summed E-state index contributed by atoms with van der Waals surface area (Å²) in [5.41, 5.74) is -1.16. The molecule has 4 nitrogen and oxygen atoms in total. The van der Waals surface area contributed by atoms with Gasteiger partial charge in [-0.3, -0.25) is 4.79 Å². The van der Waals surface area contributed by atoms with E-state index in [-0.39, 0.29) is 5.56 Å². The monoisotopic (exact) mass is 304 g/mol. The molecule has 9 heteroatoms. The van der Waals surface area contributed by atoms with Crippen LogP contribution in [-0.2, 0) is 11.2 Å². The zero-order chi connectivity index (χ0) is 15.7. The van der Waals surface area contributed by atoms with Crippen LogP contribution in [0, 0.1) is 29.1 Å². The van der Waals surface area contributed by atoms with Gasteiger partial charge in [-0.05, 0) is 5.56 Å². The van der Waals surface area contributed by atoms with Gasteiger partial charge in [0.25, 0.3) is 0 Å². The molecule has 2 rings (SSSR count). The van der Waals surface area contributed by atoms with E-state index >= 15 is 0 Å². The Morgan fingerprint density at radius 1 is 0.905 bits per heavy atom. The van der Waals surface area contributed by atoms with E-state index in [4.69, 9.17) is 5.11 Å². The van der Waals surface area contributed by atoms with Crippen LogP contribution in [0.2, 0.25) is 0 Å². The molecule has 1 aromatic heterocycles. The first-order chi connectivity index (χ1) is 9.82. The van der Waals surface area contributed by atoms with Gasteiger partial charge in [-0.1, -0.05) is 0 Å². The molecule has 1 N–H and O–H groups in total. The van der Waals surface area contributed by atoms with Crippen molar-refractivity contribution in [1.29, 1.82) is 0 Å². The summed E-state index contributed by atoms with van der Waals surface area (Å²) in [7, 11) is 0. The number of hydrogen-bond donors (Lipinski definition) is 1. The summed E-state index contributed by atoms with van der Waals surface area (Å²) >= 11 is 0. The molecule has 0 aliphatic heterocycles. The highest BCUT2D eigenvalue weighted by atomic mass is 19.2. The van der Waals surface area contributed by atoms with Gasteiger partial charge in [-0.2, -0.15) is 0 Å². The fourth-order valence-electron chi connectivity index (χ4n) is 1.55. The fraction of sp³-hybridized carbons (Fsp3) is 0.0833. The molecule has 110 valence electrons. The molecular formula is C12H5F5N2O2. The number of rotatable bonds is 3. The van der Waals surface area contributed by atoms with Crippen LogP contribution >= 0.6 is 0 Å². The third kappa shape index (κ3) is 2.67. The third-order valence-electron chi connectivity index (χ3n) is 2.49. The van der Waals surface area contributed by atoms with Crippen molar-refractivity contribution in [2.24, 2.45) is 0 Å². The second-order valence-electron chi connectivity index (χ2n) is 3.93. The predicted molar refractivity (Wildman–Crippen MR) is 58.6 cm³/mol. The third-order valence-corrected chi connectivity index (χ3v) is 2.49. The molecular weight excluding hydrogens is 299 g/mol. The highest BCUT2D eigenvalue weighted by Gasteiger charge is 2.27. The smallest absolute Gasteiger partial charge is 0.307 e. The van der Waals surface area contributed by atoms with Crippen molar-refractivity contribution >= 4 is 5.97 Å². The summed E-state index contributed by atoms with van der Waals surface area (Å²) in [6, 6.07) is 0. The van der Waals surface area contributed by atoms with Gasteiger partial charge >= 0.3 is 5.97 Å². The minimum absolute atomic E-state index is 0.107. The molecule has 0 saturated carbocycles. The Kier molecular flexibility index (Phi) is 3.83. The Hall–Kier alpha value is -2.58. The molecule has 0 unspecified atom stereocenters. The number of carboxylic acids is 1. The number of aromatic nitrogens is 2. The maximum absolute atomic E-state index is 13.5. The topological polar surface area (TPSA) is 63.1 Å². The van der Waals surface area contributed by atoms with Crippen LogP contribution < -0.4 is 0 Å². The van der Waals surface area contributed by atoms with Crippen molar-refractivity contribution in [1.82, 2.24) is 9.97 Å². The number of benzene rings is 1. The normalized spacial score (nSPS) is 10.7. The first-order valence-electron chi connectivity index (χ1n) is 5.37. The van der Waals surface area contributed by atoms with E-state index in [9.17, 15) is 26.7 Å². The lowest BCUT2D eigenvalue weighted by Crippen LogP contribution is -2.07. The molecule has 2 aromatic rings. The van der Waals surface area contributed by atoms with Crippen molar-refractivity contribution in [2.45, 2.75) is 6.42 Å². The second kappa shape index (κ2) is 5.43. The lowest BCUT2D eigenvalue weighted by atomic mass is 10.1. The molecule has 0 aliphatic rings. The maximum atomic E-state index is 13.5. The van der Waals surface area contributed by atoms with E-state index < -0.39 is 52.9 Å². The summed E-state index contributed by atoms with van der Waals surface area (Å²) in [5, 5.41) is 8.53. The van der Waals surface area contributed by atoms with Gasteiger partial charge in [0.05, 0.1) is 12.0 Å². The number of hydrogen-bond acceptors (Lipinski definition) is 3. The van der Waals surface area contributed by atoms with E-state index in [1.807, 2.05) is 0 Å². The largest absolute Gasteiger partial charge is 0.481 e. The lowest BCUT2D eigenvalue weighted by molar-refractivity contribution is -0.136. The van der Waals surface area contributed by atoms with Crippen molar-refractivity contribution < 1.29 is 31.9 Å². The van der Waals surface area contributed by atoms with Crippen molar-refractivity contribution in [2.75, 3.05) is 0 Å². The second-order valence-corrected chi connectivity index (χ2v) is 3.93. The minimum Gasteiger partial charge on any atom is -0.481 e. The summed E-state index contributed by atoms with van der Waals surface area (Å²) in [6.45, 7) is 0. The highest BCUT2D eigenvalue weighted by molar-refractivity contribution is 5.70. The first kappa shape index (κ1) is 14.8. The van der Waals surface area contributed by atoms with Crippen LogP contribution in [0.15, 0.2) is 12.4 Å². The number of carbonyl (C=O) groups is 1. The number of halogens is 5. The van der Waals surface area contributed by atoms with Crippen LogP contribution in [-0.4, -0.2) is 21.0 Å². The molecule has 0 amide bonds. The van der Waals surface area contributed by atoms with Crippen LogP contribution in [0.5, 0.6) is 0 Å². The number of aliphatic carboxylic acids is 1. The molecule has 0 bridgehead atoms. The van der Waals surface area contributed by atoms with E-state index in [1.165, 1.54) is 0 Å². The quantitative estimate of drug-likeness (QED) is 0.537. The van der Waals surface area contributed by atoms with E-state index in [1.54, 1.807) is 0 Å². The Bertz CT molecular complexity index is 690. The van der Waals surface area contributed by atoms with Gasteiger partial charge in [0.15, 0.2) is 29.1 Å². The van der Waals surface area contributed by atoms with Gasteiger partial charge in [-0.25, -0.2) is 31.9 Å². The fourth-order valence-corrected chi connectivity index (χ4v) is 1.55. The molecule has 1 aromatic carbocycles. The lowest BCUT2D eigenvalue weighted by Gasteiger charge is -2.07. The van der Waals surface area contributed by atoms with Gasteiger partial charge in [-0.15, -0.1) is 0 Å². The number of carboxylic acid groups (broad SMARTS) is 1. The average Bonchev–Trinajstić information content (AvgIpc) is 2.44. The van der Waals surface area contributed by atoms with E-state index in [0.29, 0.717) is 0 Å². The summed E-state index contributed by atoms with van der Waals surface area (Å²) < 4.78 is 66.0. The first-order valence-corrected chi connectivity index (χ1v) is 5.37. The molecule has 0 fully saturated rings. The molecule has 0 spiro atoms. The van der Waals surface area contributed by atoms with Gasteiger partial charge < -0.3 is 5.11 Å². The van der Waals surface area contributed by atoms with Crippen LogP contribution in [0.25, 0.3) is 11.4 Å². The van der Waals surface area contributed by atoms with Crippen molar-refractivity contribution in [3.8, 4) is 11.4 Å². The highest BCUT2D eigenvalue weighted by Crippen LogP contribution is 2.29. The van der Waals surface area contributed by atoms with Crippen molar-refractivity contribution in [3.05, 3.63) is 47.0 Å². The molecule has 21 heavy (non-hydrogen) atoms. The van der Waals surface area contributed by atoms with Crippen LogP contribution in [0.3, 0.4) is 0 Å². The van der Waals surface area contributed by atoms with E-state index in [0.717, 1.165) is 12.4 Å². The average molecular weight is 304 g/mol. The predicted octanol–water partition coefficient (Wildman–Crippen LogP) is 2.47. The molecule has 0 aliphatic carbocycles. The zero-order valence-corrected chi connectivity index (χ0v) is 10.0. The van der Waals surface area contributed by atoms with E-state index in [2.05, 4.69) is 9.97 Å². The maximum Gasteiger partial charge on any atom is 0.307 e. The summed E-state index contributed by atoms with van der Waals surface area (Å²) in [6.07, 6.45) is 1.40. The molecule has 0 saturated heterocycles. The summed E-state index contributed by atoms with van der Waals surface area (Å²) in [4.78, 5) is 17.3. The Morgan fingerprint density at radius 3 is 1.76 bits per heavy atom. The molecule has 1 heterocycles. The van der Waals surface area contributed by atoms with Crippen LogP contribution in [0.4, 0.5) is 22.0 Å². The Labute approximate surface area is 113 Å². The summed E-state index contributed by atoms with van der Waals surface area (Å²) in [5.74, 6) is -12.5. The molecule has 0 atom stereocenters. The number of nitrogens with zero attached hydrogens (tertiary/aromatic N) is 2. The standard InChI is InChI=1S/C12H5F5N2O2/c13-7-6(8(14)10(16)11(17)9(7)15)12-18-2-4(3-19-12)1-5(20)21/h2-3H,1H2,(H,20,21). The SMILES string of the molecule is O=C(O)Cc1cnc(-c2c(F)c(F)c(F)c(F)c2F)nc1. The van der Waals surface area contributed by atoms with Crippen molar-refractivity contribution in [3.63, 3.8) is 0 Å². The van der Waals surface area contributed by atoms with Gasteiger partial charge in [0.1, 0.15) is 0 Å². The van der Waals surface area contributed by atoms with Gasteiger partial charge in [0.2, 0.25) is 5.82 Å². The Balaban J connectivity index is 2.54. The Morgan fingerprint density at radius 2 is 1.33 bits per heavy atom. The van der Waals surface area contributed by atoms with Crippen LogP contribution in [0.1, 0.15) is 5.56 Å².